The van der Waals surface area contributed by atoms with Crippen molar-refractivity contribution in [2.45, 2.75) is 53.9 Å². The summed E-state index contributed by atoms with van der Waals surface area (Å²) < 4.78 is 213. The molecular formula is C13H15F15O3Si. The third-order valence-electron chi connectivity index (χ3n) is 4.34. The Morgan fingerprint density at radius 2 is 0.781 bits per heavy atom. The van der Waals surface area contributed by atoms with Gasteiger partial charge in [0.2, 0.25) is 0 Å². The van der Waals surface area contributed by atoms with Crippen molar-refractivity contribution >= 4 is 8.80 Å². The summed E-state index contributed by atoms with van der Waals surface area (Å²) in [4.78, 5) is 0. The van der Waals surface area contributed by atoms with Gasteiger partial charge in [-0.3, -0.25) is 0 Å². The van der Waals surface area contributed by atoms with Crippen LogP contribution in [0, 0.1) is 0 Å². The minimum atomic E-state index is -8.23. The Balaban J connectivity index is 6.38. The third kappa shape index (κ3) is 4.40. The van der Waals surface area contributed by atoms with Gasteiger partial charge in [-0.1, -0.05) is 0 Å². The van der Waals surface area contributed by atoms with Crippen LogP contribution in [0.1, 0.15) is 6.42 Å². The molecule has 0 rings (SSSR count). The fourth-order valence-corrected chi connectivity index (χ4v) is 3.89. The van der Waals surface area contributed by atoms with E-state index in [-0.39, 0.29) is 0 Å². The summed E-state index contributed by atoms with van der Waals surface area (Å²) in [5, 5.41) is 0. The second kappa shape index (κ2) is 9.01. The first-order valence-corrected chi connectivity index (χ1v) is 9.74. The molecule has 0 saturated carbocycles. The van der Waals surface area contributed by atoms with Crippen LogP contribution in [0.25, 0.3) is 0 Å². The first-order chi connectivity index (χ1) is 13.9. The molecule has 0 atom stereocenters. The van der Waals surface area contributed by atoms with E-state index in [1.807, 2.05) is 0 Å². The number of alkyl halides is 15. The zero-order valence-electron chi connectivity index (χ0n) is 16.0. The number of hydrogen-bond acceptors (Lipinski definition) is 3. The van der Waals surface area contributed by atoms with Crippen molar-refractivity contribution in [2.75, 3.05) is 28.0 Å². The van der Waals surface area contributed by atoms with E-state index >= 15 is 0 Å². The van der Waals surface area contributed by atoms with Gasteiger partial charge in [0.1, 0.15) is 0 Å². The van der Waals surface area contributed by atoms with Gasteiger partial charge in [-0.15, -0.1) is 0 Å². The molecular weight excluding hydrogens is 517 g/mol. The van der Waals surface area contributed by atoms with Crippen LogP contribution < -0.4 is 0 Å². The predicted octanol–water partition coefficient (Wildman–Crippen LogP) is 5.67. The molecule has 0 spiro atoms. The van der Waals surface area contributed by atoms with E-state index in [4.69, 9.17) is 0 Å². The van der Waals surface area contributed by atoms with E-state index in [0.717, 1.165) is 21.3 Å². The maximum atomic E-state index is 13.8. The lowest BCUT2D eigenvalue weighted by molar-refractivity contribution is -0.441. The number of rotatable bonds is 13. The molecule has 0 aromatic rings. The summed E-state index contributed by atoms with van der Waals surface area (Å²) in [7, 11) is -2.08. The zero-order valence-corrected chi connectivity index (χ0v) is 17.0. The van der Waals surface area contributed by atoms with Gasteiger partial charge in [0.15, 0.2) is 6.67 Å². The van der Waals surface area contributed by atoms with Crippen molar-refractivity contribution in [1.82, 2.24) is 0 Å². The summed E-state index contributed by atoms with van der Waals surface area (Å²) in [6, 6.07) is -1.49. The molecule has 0 saturated heterocycles. The predicted molar refractivity (Wildman–Crippen MR) is 76.8 cm³/mol. The molecule has 0 bridgehead atoms. The van der Waals surface area contributed by atoms with E-state index in [0.29, 0.717) is 0 Å². The van der Waals surface area contributed by atoms with Crippen molar-refractivity contribution in [3.8, 4) is 0 Å². The van der Waals surface area contributed by atoms with E-state index in [1.165, 1.54) is 0 Å². The quantitative estimate of drug-likeness (QED) is 0.226. The molecule has 0 aliphatic rings. The highest BCUT2D eigenvalue weighted by Crippen LogP contribution is 2.62. The van der Waals surface area contributed by atoms with Crippen LogP contribution in [0.4, 0.5) is 65.9 Å². The summed E-state index contributed by atoms with van der Waals surface area (Å²) >= 11 is 0. The molecule has 0 aliphatic heterocycles. The summed E-state index contributed by atoms with van der Waals surface area (Å²) in [6.45, 7) is -3.80. The van der Waals surface area contributed by atoms with Crippen LogP contribution in [-0.4, -0.2) is 78.3 Å². The van der Waals surface area contributed by atoms with Crippen molar-refractivity contribution in [3.63, 3.8) is 0 Å². The SMILES string of the molecule is CO[Si](CCC(F)(F)C(F)(F)C(F)(F)C(F)(F)C(F)(F)C(F)(F)C(F)(F)CF)(OC)OC. The van der Waals surface area contributed by atoms with Crippen molar-refractivity contribution < 1.29 is 79.1 Å². The van der Waals surface area contributed by atoms with Crippen LogP contribution in [0.2, 0.25) is 6.04 Å². The van der Waals surface area contributed by atoms with Gasteiger partial charge < -0.3 is 13.3 Å². The average Bonchev–Trinajstić information content (AvgIpc) is 2.68. The highest BCUT2D eigenvalue weighted by atomic mass is 28.4. The Kier molecular flexibility index (Phi) is 8.74. The van der Waals surface area contributed by atoms with Gasteiger partial charge in [0.05, 0.1) is 0 Å². The Morgan fingerprint density at radius 3 is 1.06 bits per heavy atom. The van der Waals surface area contributed by atoms with Crippen LogP contribution in [0.5, 0.6) is 0 Å². The lowest BCUT2D eigenvalue weighted by Gasteiger charge is -2.42. The topological polar surface area (TPSA) is 27.7 Å². The van der Waals surface area contributed by atoms with Gasteiger partial charge in [-0.05, 0) is 0 Å². The molecule has 0 N–H and O–H groups in total. The Bertz CT molecular complexity index is 628. The van der Waals surface area contributed by atoms with E-state index in [9.17, 15) is 65.9 Å². The van der Waals surface area contributed by atoms with Crippen LogP contribution in [0.15, 0.2) is 0 Å². The molecule has 194 valence electrons. The highest BCUT2D eigenvalue weighted by molar-refractivity contribution is 6.60. The molecule has 0 radical (unpaired) electrons. The molecule has 0 amide bonds. The average molecular weight is 532 g/mol. The maximum Gasteiger partial charge on any atom is 0.500 e. The largest absolute Gasteiger partial charge is 0.500 e. The smallest absolute Gasteiger partial charge is 0.377 e. The van der Waals surface area contributed by atoms with Gasteiger partial charge in [0.25, 0.3) is 0 Å². The van der Waals surface area contributed by atoms with Gasteiger partial charge in [-0.2, -0.15) is 61.5 Å². The Labute approximate surface area is 171 Å². The van der Waals surface area contributed by atoms with Gasteiger partial charge >= 0.3 is 50.3 Å². The lowest BCUT2D eigenvalue weighted by atomic mass is 9.89. The van der Waals surface area contributed by atoms with Crippen LogP contribution in [0.3, 0.4) is 0 Å². The number of halogens is 15. The molecule has 0 heterocycles. The first kappa shape index (κ1) is 31.0. The summed E-state index contributed by atoms with van der Waals surface area (Å²) in [5.74, 6) is -52.7. The molecule has 0 unspecified atom stereocenters. The molecule has 0 aromatic heterocycles. The van der Waals surface area contributed by atoms with Gasteiger partial charge in [-0.25, -0.2) is 4.39 Å². The molecule has 3 nitrogen and oxygen atoms in total. The van der Waals surface area contributed by atoms with Crippen molar-refractivity contribution in [3.05, 3.63) is 0 Å². The molecule has 0 fully saturated rings. The lowest BCUT2D eigenvalue weighted by Crippen LogP contribution is -2.73. The fraction of sp³-hybridized carbons (Fsp3) is 1.00. The zero-order chi connectivity index (χ0) is 26.2. The van der Waals surface area contributed by atoms with E-state index in [1.54, 1.807) is 0 Å². The second-order valence-corrected chi connectivity index (χ2v) is 9.30. The summed E-state index contributed by atoms with van der Waals surface area (Å²) in [5.41, 5.74) is 0. The molecule has 0 aliphatic carbocycles. The van der Waals surface area contributed by atoms with E-state index < -0.39 is 69.4 Å². The fourth-order valence-electron chi connectivity index (χ4n) is 2.16. The highest BCUT2D eigenvalue weighted by Gasteiger charge is 2.92. The minimum Gasteiger partial charge on any atom is -0.377 e. The monoisotopic (exact) mass is 532 g/mol. The Hall–Kier alpha value is -0.953. The molecule has 19 heteroatoms. The van der Waals surface area contributed by atoms with Crippen LogP contribution >= 0.6 is 0 Å². The third-order valence-corrected chi connectivity index (χ3v) is 7.07. The molecule has 0 aromatic carbocycles. The second-order valence-electron chi connectivity index (χ2n) is 6.21. The first-order valence-electron chi connectivity index (χ1n) is 7.81. The maximum absolute atomic E-state index is 13.8. The van der Waals surface area contributed by atoms with Crippen LogP contribution in [-0.2, 0) is 13.3 Å². The standard InChI is InChI=1S/C13H15F15O3Si/c1-29-32(30-2,31-3)5-4-7(15,16)9(19,20)11(23,24)13(27,28)12(25,26)10(21,22)8(17,18)6-14/h4-6H2,1-3H3. The van der Waals surface area contributed by atoms with Gasteiger partial charge in [0, 0.05) is 33.8 Å². The number of hydrogen-bond donors (Lipinski definition) is 0. The minimum absolute atomic E-state index is 0.728. The Morgan fingerprint density at radius 1 is 0.500 bits per heavy atom. The van der Waals surface area contributed by atoms with Crippen molar-refractivity contribution in [1.29, 1.82) is 0 Å². The summed E-state index contributed by atoms with van der Waals surface area (Å²) in [6.07, 6.45) is -2.55. The van der Waals surface area contributed by atoms with E-state index in [2.05, 4.69) is 13.3 Å². The van der Waals surface area contributed by atoms with Crippen molar-refractivity contribution in [2.24, 2.45) is 0 Å². The molecule has 32 heavy (non-hydrogen) atoms. The normalized spacial score (nSPS) is 15.9.